The molecule has 3 heterocycles. The minimum atomic E-state index is -0.894. The highest BCUT2D eigenvalue weighted by Crippen LogP contribution is 2.87. The third-order valence-corrected chi connectivity index (χ3v) is 16.3. The van der Waals surface area contributed by atoms with Crippen molar-refractivity contribution in [1.29, 1.82) is 0 Å². The molecular formula is C39H66N2O5. The maximum atomic E-state index is 11.0. The number of hydrogen-bond acceptors (Lipinski definition) is 7. The molecule has 0 bridgehead atoms. The summed E-state index contributed by atoms with van der Waals surface area (Å²) in [5, 5.41) is 11.0. The first-order valence-corrected chi connectivity index (χ1v) is 19.4. The Hall–Kier alpha value is -0.280. The number of rotatable bonds is 7. The van der Waals surface area contributed by atoms with Crippen molar-refractivity contribution in [3.05, 3.63) is 0 Å². The molecule has 3 aliphatic heterocycles. The lowest BCUT2D eigenvalue weighted by Crippen LogP contribution is -2.70. The molecule has 8 fully saturated rings. The summed E-state index contributed by atoms with van der Waals surface area (Å²) in [5.41, 5.74) is 0.996. The second-order valence-corrected chi connectivity index (χ2v) is 19.4. The van der Waals surface area contributed by atoms with Crippen molar-refractivity contribution in [2.24, 2.45) is 45.3 Å². The summed E-state index contributed by atoms with van der Waals surface area (Å²) in [5.74, 6) is 3.02. The molecule has 8 rings (SSSR count). The van der Waals surface area contributed by atoms with Crippen LogP contribution in [0.1, 0.15) is 113 Å². The summed E-state index contributed by atoms with van der Waals surface area (Å²) in [6.07, 6.45) is 13.2. The van der Waals surface area contributed by atoms with Gasteiger partial charge in [0.25, 0.3) is 0 Å². The monoisotopic (exact) mass is 642 g/mol. The third kappa shape index (κ3) is 4.67. The maximum absolute atomic E-state index is 11.0. The van der Waals surface area contributed by atoms with Gasteiger partial charge in [-0.3, -0.25) is 4.90 Å². The van der Waals surface area contributed by atoms with Crippen molar-refractivity contribution in [1.82, 2.24) is 9.80 Å². The van der Waals surface area contributed by atoms with Gasteiger partial charge in [-0.1, -0.05) is 20.8 Å². The van der Waals surface area contributed by atoms with E-state index in [1.807, 2.05) is 20.8 Å². The molecular weight excluding hydrogens is 576 g/mol. The molecule has 46 heavy (non-hydrogen) atoms. The van der Waals surface area contributed by atoms with E-state index >= 15 is 0 Å². The molecule has 8 aliphatic rings. The molecule has 5 saturated carbocycles. The van der Waals surface area contributed by atoms with E-state index in [1.54, 1.807) is 0 Å². The zero-order chi connectivity index (χ0) is 32.5. The van der Waals surface area contributed by atoms with E-state index in [1.165, 1.54) is 57.8 Å². The van der Waals surface area contributed by atoms with Crippen LogP contribution in [0.5, 0.6) is 0 Å². The van der Waals surface area contributed by atoms with Crippen molar-refractivity contribution >= 4 is 0 Å². The molecule has 1 N–H and O–H groups in total. The van der Waals surface area contributed by atoms with Crippen molar-refractivity contribution in [2.75, 3.05) is 46.4 Å². The van der Waals surface area contributed by atoms with Gasteiger partial charge in [0.05, 0.1) is 37.1 Å². The summed E-state index contributed by atoms with van der Waals surface area (Å²) in [6, 6.07) is 0. The van der Waals surface area contributed by atoms with Gasteiger partial charge in [0.2, 0.25) is 0 Å². The first-order valence-electron chi connectivity index (χ1n) is 19.4. The lowest BCUT2D eigenvalue weighted by molar-refractivity contribution is -0.255. The van der Waals surface area contributed by atoms with Crippen molar-refractivity contribution < 1.29 is 24.1 Å². The predicted octanol–water partition coefficient (Wildman–Crippen LogP) is 6.12. The largest absolute Gasteiger partial charge is 0.388 e. The Balaban J connectivity index is 0.957. The minimum Gasteiger partial charge on any atom is -0.388 e. The van der Waals surface area contributed by atoms with Crippen LogP contribution >= 0.6 is 0 Å². The van der Waals surface area contributed by atoms with Crippen LogP contribution in [0.15, 0.2) is 0 Å². The Labute approximate surface area is 279 Å². The Morgan fingerprint density at radius 2 is 1.70 bits per heavy atom. The van der Waals surface area contributed by atoms with Gasteiger partial charge in [-0.2, -0.15) is 0 Å². The molecule has 0 amide bonds. The van der Waals surface area contributed by atoms with Gasteiger partial charge in [-0.15, -0.1) is 0 Å². The maximum Gasteiger partial charge on any atom is 0.170 e. The Bertz CT molecular complexity index is 1170. The minimum absolute atomic E-state index is 0.00358. The summed E-state index contributed by atoms with van der Waals surface area (Å²) >= 11 is 0. The van der Waals surface area contributed by atoms with E-state index in [4.69, 9.17) is 18.9 Å². The normalized spacial score (nSPS) is 50.3. The molecule has 12 unspecified atom stereocenters. The molecule has 262 valence electrons. The first-order chi connectivity index (χ1) is 21.7. The predicted molar refractivity (Wildman–Crippen MR) is 179 cm³/mol. The topological polar surface area (TPSA) is 63.6 Å². The summed E-state index contributed by atoms with van der Waals surface area (Å²) in [4.78, 5) is 5.06. The fourth-order valence-electron chi connectivity index (χ4n) is 14.4. The molecule has 0 aromatic carbocycles. The van der Waals surface area contributed by atoms with Gasteiger partial charge in [0, 0.05) is 31.8 Å². The summed E-state index contributed by atoms with van der Waals surface area (Å²) in [6.45, 7) is 21.6. The van der Waals surface area contributed by atoms with E-state index in [-0.39, 0.29) is 35.6 Å². The molecule has 2 spiro atoms. The molecule has 12 atom stereocenters. The number of likely N-dealkylation sites (N-methyl/N-ethyl adjacent to an activating group) is 1. The van der Waals surface area contributed by atoms with Crippen molar-refractivity contribution in [3.8, 4) is 0 Å². The van der Waals surface area contributed by atoms with Crippen LogP contribution in [-0.2, 0) is 18.9 Å². The Morgan fingerprint density at radius 3 is 2.41 bits per heavy atom. The highest BCUT2D eigenvalue weighted by molar-refractivity contribution is 5.29. The SMILES string of the molecule is CCOC(C1CCC2C(CC3C4CCC5C(C)(C)C(OC6CN(C7(C)CN(C)C7)CCO6)CCC56CC46CCC23C)O1)C(C)(C)O. The van der Waals surface area contributed by atoms with Crippen LogP contribution < -0.4 is 0 Å². The van der Waals surface area contributed by atoms with Gasteiger partial charge < -0.3 is 29.0 Å². The van der Waals surface area contributed by atoms with Gasteiger partial charge in [0.1, 0.15) is 6.10 Å². The molecule has 7 heteroatoms. The van der Waals surface area contributed by atoms with E-state index in [9.17, 15) is 5.11 Å². The highest BCUT2D eigenvalue weighted by Gasteiger charge is 2.80. The molecule has 7 nitrogen and oxygen atoms in total. The van der Waals surface area contributed by atoms with Crippen LogP contribution in [-0.4, -0.2) is 103 Å². The van der Waals surface area contributed by atoms with Crippen LogP contribution in [0.4, 0.5) is 0 Å². The lowest BCUT2D eigenvalue weighted by Gasteiger charge is -2.60. The average Bonchev–Trinajstić information content (AvgIpc) is 3.56. The summed E-state index contributed by atoms with van der Waals surface area (Å²) in [7, 11) is 2.23. The van der Waals surface area contributed by atoms with Gasteiger partial charge in [-0.25, -0.2) is 0 Å². The first kappa shape index (κ1) is 32.9. The van der Waals surface area contributed by atoms with Gasteiger partial charge in [0.15, 0.2) is 6.29 Å². The van der Waals surface area contributed by atoms with Crippen LogP contribution in [0.2, 0.25) is 0 Å². The van der Waals surface area contributed by atoms with Gasteiger partial charge >= 0.3 is 0 Å². The molecule has 5 aliphatic carbocycles. The van der Waals surface area contributed by atoms with Crippen molar-refractivity contribution in [2.45, 2.75) is 155 Å². The number of morpholine rings is 1. The Morgan fingerprint density at radius 1 is 0.935 bits per heavy atom. The smallest absolute Gasteiger partial charge is 0.170 e. The number of hydrogen-bond donors (Lipinski definition) is 1. The third-order valence-electron chi connectivity index (χ3n) is 16.3. The van der Waals surface area contributed by atoms with Crippen molar-refractivity contribution in [3.63, 3.8) is 0 Å². The molecule has 0 aromatic heterocycles. The average molecular weight is 643 g/mol. The van der Waals surface area contributed by atoms with E-state index < -0.39 is 5.60 Å². The van der Waals surface area contributed by atoms with Crippen LogP contribution in [0, 0.1) is 45.3 Å². The van der Waals surface area contributed by atoms with Gasteiger partial charge in [-0.05, 0) is 144 Å². The lowest BCUT2D eigenvalue weighted by atomic mass is 9.46. The second kappa shape index (κ2) is 10.9. The summed E-state index contributed by atoms with van der Waals surface area (Å²) < 4.78 is 26.4. The van der Waals surface area contributed by atoms with E-state index in [0.29, 0.717) is 34.9 Å². The number of aliphatic hydroxyl groups is 1. The zero-order valence-electron chi connectivity index (χ0n) is 30.5. The quantitative estimate of drug-likeness (QED) is 0.359. The van der Waals surface area contributed by atoms with E-state index in [2.05, 4.69) is 44.5 Å². The number of ether oxygens (including phenoxy) is 4. The molecule has 3 saturated heterocycles. The van der Waals surface area contributed by atoms with Crippen LogP contribution in [0.25, 0.3) is 0 Å². The fraction of sp³-hybridized carbons (Fsp3) is 1.00. The number of nitrogens with zero attached hydrogens (tertiary/aromatic N) is 2. The highest BCUT2D eigenvalue weighted by atomic mass is 16.7. The molecule has 0 aromatic rings. The fourth-order valence-corrected chi connectivity index (χ4v) is 14.4. The zero-order valence-corrected chi connectivity index (χ0v) is 30.5. The van der Waals surface area contributed by atoms with E-state index in [0.717, 1.165) is 57.0 Å². The number of fused-ring (bicyclic) bond motifs is 4. The standard InChI is InChI=1S/C39H66N2O5/c1-9-43-33(35(4,5)42)28-12-10-26-29(45-28)20-27-25-11-13-30-34(2,3)31(14-15-39(30)22-38(25,39)17-16-37(26,27)7)46-32-21-41(18-19-44-32)36(6)23-40(8)24-36/h25-33,42H,9-24H2,1-8H3. The van der Waals surface area contributed by atoms with Crippen LogP contribution in [0.3, 0.4) is 0 Å². The second-order valence-electron chi connectivity index (χ2n) is 19.4. The molecule has 0 radical (unpaired) electrons. The number of likely N-dealkylation sites (tertiary alicyclic amines) is 1. The Kier molecular flexibility index (Phi) is 7.77.